The van der Waals surface area contributed by atoms with E-state index >= 15 is 0 Å². The molecule has 0 aliphatic heterocycles. The standard InChI is InChI=1S/C11H23NO/c1-4-11(2,3)13-10-7-5-9(12)6-8-10/h9-10H,4-8,12H2,1-3H3. The molecular weight excluding hydrogens is 162 g/mol. The van der Waals surface area contributed by atoms with Gasteiger partial charge in [0.1, 0.15) is 0 Å². The third-order valence-corrected chi connectivity index (χ3v) is 3.06. The fourth-order valence-electron chi connectivity index (χ4n) is 1.74. The molecule has 0 aromatic rings. The van der Waals surface area contributed by atoms with Gasteiger partial charge in [-0.2, -0.15) is 0 Å². The van der Waals surface area contributed by atoms with E-state index in [0.717, 1.165) is 32.1 Å². The first-order chi connectivity index (χ1) is 6.03. The van der Waals surface area contributed by atoms with E-state index in [0.29, 0.717) is 12.1 Å². The van der Waals surface area contributed by atoms with E-state index in [4.69, 9.17) is 10.5 Å². The third-order valence-electron chi connectivity index (χ3n) is 3.06. The lowest BCUT2D eigenvalue weighted by Gasteiger charge is -2.33. The highest BCUT2D eigenvalue weighted by Gasteiger charge is 2.25. The van der Waals surface area contributed by atoms with Crippen molar-refractivity contribution in [3.63, 3.8) is 0 Å². The van der Waals surface area contributed by atoms with E-state index in [2.05, 4.69) is 20.8 Å². The Morgan fingerprint density at radius 3 is 2.23 bits per heavy atom. The van der Waals surface area contributed by atoms with Gasteiger partial charge in [0.2, 0.25) is 0 Å². The zero-order valence-corrected chi connectivity index (χ0v) is 9.18. The molecule has 1 aliphatic carbocycles. The first-order valence-corrected chi connectivity index (χ1v) is 5.47. The van der Waals surface area contributed by atoms with Crippen molar-refractivity contribution in [1.82, 2.24) is 0 Å². The van der Waals surface area contributed by atoms with Crippen LogP contribution in [-0.4, -0.2) is 17.7 Å². The molecule has 0 amide bonds. The number of rotatable bonds is 3. The molecule has 0 spiro atoms. The van der Waals surface area contributed by atoms with Crippen LogP contribution in [0.25, 0.3) is 0 Å². The van der Waals surface area contributed by atoms with Crippen molar-refractivity contribution >= 4 is 0 Å². The van der Waals surface area contributed by atoms with E-state index in [1.807, 2.05) is 0 Å². The van der Waals surface area contributed by atoms with Crippen molar-refractivity contribution < 1.29 is 4.74 Å². The largest absolute Gasteiger partial charge is 0.372 e. The minimum Gasteiger partial charge on any atom is -0.372 e. The summed E-state index contributed by atoms with van der Waals surface area (Å²) in [6, 6.07) is 0.421. The summed E-state index contributed by atoms with van der Waals surface area (Å²) in [6.45, 7) is 6.51. The Bertz CT molecular complexity index is 148. The lowest BCUT2D eigenvalue weighted by atomic mass is 9.93. The summed E-state index contributed by atoms with van der Waals surface area (Å²) in [5.74, 6) is 0. The van der Waals surface area contributed by atoms with Gasteiger partial charge in [-0.15, -0.1) is 0 Å². The van der Waals surface area contributed by atoms with Gasteiger partial charge in [-0.25, -0.2) is 0 Å². The average molecular weight is 185 g/mol. The molecule has 1 saturated carbocycles. The van der Waals surface area contributed by atoms with E-state index in [1.165, 1.54) is 0 Å². The van der Waals surface area contributed by atoms with Crippen molar-refractivity contribution in [1.29, 1.82) is 0 Å². The minimum atomic E-state index is 0.0477. The number of hydrogen-bond donors (Lipinski definition) is 1. The zero-order chi connectivity index (χ0) is 9.90. The fraction of sp³-hybridized carbons (Fsp3) is 1.00. The highest BCUT2D eigenvalue weighted by Crippen LogP contribution is 2.25. The van der Waals surface area contributed by atoms with Crippen LogP contribution in [-0.2, 0) is 4.74 Å². The van der Waals surface area contributed by atoms with Crippen LogP contribution in [0.15, 0.2) is 0 Å². The zero-order valence-electron chi connectivity index (χ0n) is 9.18. The molecule has 0 heterocycles. The first kappa shape index (κ1) is 11.0. The van der Waals surface area contributed by atoms with E-state index < -0.39 is 0 Å². The summed E-state index contributed by atoms with van der Waals surface area (Å²) in [4.78, 5) is 0. The van der Waals surface area contributed by atoms with Crippen molar-refractivity contribution in [3.05, 3.63) is 0 Å². The van der Waals surface area contributed by atoms with Crippen molar-refractivity contribution in [2.24, 2.45) is 5.73 Å². The summed E-state index contributed by atoms with van der Waals surface area (Å²) in [5, 5.41) is 0. The molecule has 2 nitrogen and oxygen atoms in total. The molecule has 2 N–H and O–H groups in total. The molecule has 0 saturated heterocycles. The molecule has 0 bridgehead atoms. The van der Waals surface area contributed by atoms with Gasteiger partial charge in [0, 0.05) is 6.04 Å². The van der Waals surface area contributed by atoms with Crippen molar-refractivity contribution in [2.45, 2.75) is 70.6 Å². The lowest BCUT2D eigenvalue weighted by Crippen LogP contribution is -2.35. The summed E-state index contributed by atoms with van der Waals surface area (Å²) >= 11 is 0. The predicted molar refractivity (Wildman–Crippen MR) is 55.7 cm³/mol. The van der Waals surface area contributed by atoms with Gasteiger partial charge in [-0.1, -0.05) is 6.92 Å². The second kappa shape index (κ2) is 4.43. The van der Waals surface area contributed by atoms with Crippen LogP contribution < -0.4 is 5.73 Å². The van der Waals surface area contributed by atoms with Crippen LogP contribution in [0, 0.1) is 0 Å². The average Bonchev–Trinajstić information content (AvgIpc) is 2.09. The molecule has 1 rings (SSSR count). The van der Waals surface area contributed by atoms with Gasteiger partial charge in [-0.05, 0) is 46.0 Å². The van der Waals surface area contributed by atoms with E-state index in [1.54, 1.807) is 0 Å². The quantitative estimate of drug-likeness (QED) is 0.733. The summed E-state index contributed by atoms with van der Waals surface area (Å²) in [5.41, 5.74) is 5.89. The molecule has 0 radical (unpaired) electrons. The molecule has 0 aromatic carbocycles. The molecule has 0 atom stereocenters. The number of ether oxygens (including phenoxy) is 1. The maximum absolute atomic E-state index is 6.02. The maximum Gasteiger partial charge on any atom is 0.0627 e. The predicted octanol–water partition coefficient (Wildman–Crippen LogP) is 2.46. The van der Waals surface area contributed by atoms with Crippen molar-refractivity contribution in [2.75, 3.05) is 0 Å². The van der Waals surface area contributed by atoms with Crippen LogP contribution in [0.3, 0.4) is 0 Å². The molecule has 78 valence electrons. The topological polar surface area (TPSA) is 35.2 Å². The highest BCUT2D eigenvalue weighted by molar-refractivity contribution is 4.77. The third kappa shape index (κ3) is 3.65. The lowest BCUT2D eigenvalue weighted by molar-refractivity contribution is -0.0872. The summed E-state index contributed by atoms with van der Waals surface area (Å²) in [6.07, 6.45) is 6.08. The molecule has 2 heteroatoms. The smallest absolute Gasteiger partial charge is 0.0627 e. The molecule has 0 unspecified atom stereocenters. The molecule has 1 fully saturated rings. The van der Waals surface area contributed by atoms with Crippen LogP contribution in [0.4, 0.5) is 0 Å². The van der Waals surface area contributed by atoms with Gasteiger partial charge < -0.3 is 10.5 Å². The van der Waals surface area contributed by atoms with Crippen LogP contribution in [0.1, 0.15) is 52.9 Å². The second-order valence-corrected chi connectivity index (χ2v) is 4.77. The number of hydrogen-bond acceptors (Lipinski definition) is 2. The molecular formula is C11H23NO. The van der Waals surface area contributed by atoms with Gasteiger partial charge in [-0.3, -0.25) is 0 Å². The fourth-order valence-corrected chi connectivity index (χ4v) is 1.74. The SMILES string of the molecule is CCC(C)(C)OC1CCC(N)CC1. The number of nitrogens with two attached hydrogens (primary N) is 1. The minimum absolute atomic E-state index is 0.0477. The van der Waals surface area contributed by atoms with Crippen molar-refractivity contribution in [3.8, 4) is 0 Å². The molecule has 0 aromatic heterocycles. The van der Waals surface area contributed by atoms with Gasteiger partial charge >= 0.3 is 0 Å². The Hall–Kier alpha value is -0.0800. The Labute approximate surface area is 81.8 Å². The Morgan fingerprint density at radius 1 is 1.23 bits per heavy atom. The van der Waals surface area contributed by atoms with Gasteiger partial charge in [0.05, 0.1) is 11.7 Å². The maximum atomic E-state index is 6.02. The Morgan fingerprint density at radius 2 is 1.77 bits per heavy atom. The summed E-state index contributed by atoms with van der Waals surface area (Å²) in [7, 11) is 0. The Kier molecular flexibility index (Phi) is 3.74. The van der Waals surface area contributed by atoms with E-state index in [-0.39, 0.29) is 5.60 Å². The van der Waals surface area contributed by atoms with Gasteiger partial charge in [0.15, 0.2) is 0 Å². The van der Waals surface area contributed by atoms with E-state index in [9.17, 15) is 0 Å². The van der Waals surface area contributed by atoms with Crippen LogP contribution in [0.2, 0.25) is 0 Å². The summed E-state index contributed by atoms with van der Waals surface area (Å²) < 4.78 is 6.02. The first-order valence-electron chi connectivity index (χ1n) is 5.47. The Balaban J connectivity index is 2.30. The second-order valence-electron chi connectivity index (χ2n) is 4.77. The molecule has 1 aliphatic rings. The van der Waals surface area contributed by atoms with Crippen LogP contribution >= 0.6 is 0 Å². The van der Waals surface area contributed by atoms with Crippen LogP contribution in [0.5, 0.6) is 0 Å². The van der Waals surface area contributed by atoms with Gasteiger partial charge in [0.25, 0.3) is 0 Å². The monoisotopic (exact) mass is 185 g/mol. The molecule has 13 heavy (non-hydrogen) atoms. The normalized spacial score (nSPS) is 30.5. The highest BCUT2D eigenvalue weighted by atomic mass is 16.5.